The Labute approximate surface area is 182 Å². The molecular weight excluding hydrogens is 414 g/mol. The third-order valence-electron chi connectivity index (χ3n) is 5.94. The summed E-state index contributed by atoms with van der Waals surface area (Å²) in [6.07, 6.45) is 1.29. The van der Waals surface area contributed by atoms with E-state index in [2.05, 4.69) is 5.16 Å². The second-order valence-electron chi connectivity index (χ2n) is 7.94. The van der Waals surface area contributed by atoms with Crippen molar-refractivity contribution in [2.45, 2.75) is 38.5 Å². The van der Waals surface area contributed by atoms with Gasteiger partial charge < -0.3 is 9.42 Å². The van der Waals surface area contributed by atoms with Crippen molar-refractivity contribution in [1.29, 1.82) is 0 Å². The molecule has 1 atom stereocenters. The van der Waals surface area contributed by atoms with Gasteiger partial charge in [-0.25, -0.2) is 8.42 Å². The van der Waals surface area contributed by atoms with Gasteiger partial charge in [0.15, 0.2) is 5.76 Å². The van der Waals surface area contributed by atoms with Crippen molar-refractivity contribution in [3.63, 3.8) is 0 Å². The summed E-state index contributed by atoms with van der Waals surface area (Å²) < 4.78 is 33.0. The predicted octanol–water partition coefficient (Wildman–Crippen LogP) is 3.90. The number of hydrogen-bond donors (Lipinski definition) is 0. The minimum Gasteiger partial charge on any atom is -0.360 e. The summed E-state index contributed by atoms with van der Waals surface area (Å²) in [6, 6.07) is 13.9. The van der Waals surface area contributed by atoms with Gasteiger partial charge in [-0.3, -0.25) is 4.79 Å². The molecule has 1 saturated heterocycles. The molecule has 0 spiro atoms. The standard InChI is InChI=1S/C23H27N3O4S/c1-4-26(21-13-7-10-18-9-5-6-12-20(18)21)23(27)19-11-8-14-25(15-19)31(28,29)22-16(2)24-30-17(22)3/h5-7,9-10,12-13,19H,4,8,11,14-15H2,1-3H3. The number of aromatic nitrogens is 1. The lowest BCUT2D eigenvalue weighted by molar-refractivity contribution is -0.123. The van der Waals surface area contributed by atoms with Gasteiger partial charge in [-0.15, -0.1) is 0 Å². The van der Waals surface area contributed by atoms with Crippen molar-refractivity contribution in [1.82, 2.24) is 9.46 Å². The van der Waals surface area contributed by atoms with Crippen LogP contribution in [0.25, 0.3) is 10.8 Å². The summed E-state index contributed by atoms with van der Waals surface area (Å²) in [5.41, 5.74) is 1.20. The molecule has 0 bridgehead atoms. The number of carbonyl (C=O) groups is 1. The average molecular weight is 442 g/mol. The maximum atomic E-state index is 13.5. The molecule has 1 aromatic heterocycles. The van der Waals surface area contributed by atoms with Gasteiger partial charge in [0.1, 0.15) is 10.6 Å². The van der Waals surface area contributed by atoms with Gasteiger partial charge in [-0.2, -0.15) is 4.31 Å². The number of anilines is 1. The van der Waals surface area contributed by atoms with E-state index < -0.39 is 15.9 Å². The van der Waals surface area contributed by atoms with Crippen molar-refractivity contribution < 1.29 is 17.7 Å². The number of fused-ring (bicyclic) bond motifs is 1. The van der Waals surface area contributed by atoms with E-state index in [1.54, 1.807) is 18.7 Å². The van der Waals surface area contributed by atoms with Gasteiger partial charge in [-0.1, -0.05) is 41.6 Å². The van der Waals surface area contributed by atoms with Crippen LogP contribution in [0.2, 0.25) is 0 Å². The third kappa shape index (κ3) is 3.85. The third-order valence-corrected chi connectivity index (χ3v) is 8.05. The molecule has 1 fully saturated rings. The number of amides is 1. The first-order chi connectivity index (χ1) is 14.8. The molecule has 0 radical (unpaired) electrons. The van der Waals surface area contributed by atoms with Crippen molar-refractivity contribution in [3.8, 4) is 0 Å². The normalized spacial score (nSPS) is 17.7. The number of sulfonamides is 1. The fourth-order valence-corrected chi connectivity index (χ4v) is 6.26. The number of rotatable bonds is 5. The molecule has 1 aliphatic heterocycles. The second-order valence-corrected chi connectivity index (χ2v) is 9.81. The quantitative estimate of drug-likeness (QED) is 0.600. The largest absolute Gasteiger partial charge is 0.360 e. The zero-order chi connectivity index (χ0) is 22.2. The number of benzene rings is 2. The van der Waals surface area contributed by atoms with E-state index in [1.807, 2.05) is 49.4 Å². The highest BCUT2D eigenvalue weighted by Crippen LogP contribution is 2.31. The van der Waals surface area contributed by atoms with Crippen LogP contribution in [0.3, 0.4) is 0 Å². The van der Waals surface area contributed by atoms with Crippen LogP contribution in [0.5, 0.6) is 0 Å². The highest BCUT2D eigenvalue weighted by Gasteiger charge is 2.37. The summed E-state index contributed by atoms with van der Waals surface area (Å²) in [6.45, 7) is 6.22. The van der Waals surface area contributed by atoms with E-state index in [0.717, 1.165) is 16.5 Å². The van der Waals surface area contributed by atoms with E-state index in [-0.39, 0.29) is 23.1 Å². The van der Waals surface area contributed by atoms with Crippen LogP contribution in [-0.2, 0) is 14.8 Å². The maximum absolute atomic E-state index is 13.5. The first-order valence-corrected chi connectivity index (χ1v) is 12.0. The zero-order valence-corrected chi connectivity index (χ0v) is 18.9. The van der Waals surface area contributed by atoms with Crippen molar-refractivity contribution in [2.75, 3.05) is 24.5 Å². The minimum atomic E-state index is -3.77. The highest BCUT2D eigenvalue weighted by molar-refractivity contribution is 7.89. The Hall–Kier alpha value is -2.71. The topological polar surface area (TPSA) is 83.7 Å². The summed E-state index contributed by atoms with van der Waals surface area (Å²) in [7, 11) is -3.77. The molecule has 31 heavy (non-hydrogen) atoms. The Kier molecular flexibility index (Phi) is 5.85. The maximum Gasteiger partial charge on any atom is 0.248 e. The van der Waals surface area contributed by atoms with Crippen LogP contribution in [0.4, 0.5) is 5.69 Å². The number of carbonyl (C=O) groups excluding carboxylic acids is 1. The summed E-state index contributed by atoms with van der Waals surface area (Å²) in [5, 5.41) is 5.86. The van der Waals surface area contributed by atoms with Crippen LogP contribution in [0.15, 0.2) is 51.9 Å². The molecular formula is C23H27N3O4S. The molecule has 164 valence electrons. The highest BCUT2D eigenvalue weighted by atomic mass is 32.2. The molecule has 0 aliphatic carbocycles. The van der Waals surface area contributed by atoms with Crippen LogP contribution < -0.4 is 4.90 Å². The number of hydrogen-bond acceptors (Lipinski definition) is 5. The summed E-state index contributed by atoms with van der Waals surface area (Å²) >= 11 is 0. The fraction of sp³-hybridized carbons (Fsp3) is 0.391. The van der Waals surface area contributed by atoms with Crippen LogP contribution in [0, 0.1) is 19.8 Å². The number of aryl methyl sites for hydroxylation is 2. The number of nitrogens with zero attached hydrogens (tertiary/aromatic N) is 3. The molecule has 2 aromatic carbocycles. The van der Waals surface area contributed by atoms with Crippen LogP contribution in [0.1, 0.15) is 31.2 Å². The first-order valence-electron chi connectivity index (χ1n) is 10.6. The smallest absolute Gasteiger partial charge is 0.248 e. The molecule has 2 heterocycles. The van der Waals surface area contributed by atoms with E-state index in [1.165, 1.54) is 4.31 Å². The summed E-state index contributed by atoms with van der Waals surface area (Å²) in [4.78, 5) is 15.4. The van der Waals surface area contributed by atoms with Crippen LogP contribution in [-0.4, -0.2) is 43.4 Å². The van der Waals surface area contributed by atoms with Crippen molar-refractivity contribution in [3.05, 3.63) is 53.9 Å². The first kappa shape index (κ1) is 21.5. The van der Waals surface area contributed by atoms with E-state index in [9.17, 15) is 13.2 Å². The summed E-state index contributed by atoms with van der Waals surface area (Å²) in [5.74, 6) is -0.169. The van der Waals surface area contributed by atoms with Gasteiger partial charge in [0.25, 0.3) is 0 Å². The van der Waals surface area contributed by atoms with Gasteiger partial charge >= 0.3 is 0 Å². The minimum absolute atomic E-state index is 0.0440. The van der Waals surface area contributed by atoms with Crippen molar-refractivity contribution in [2.24, 2.45) is 5.92 Å². The Morgan fingerprint density at radius 3 is 2.65 bits per heavy atom. The van der Waals surface area contributed by atoms with Gasteiger partial charge in [0.2, 0.25) is 15.9 Å². The molecule has 8 heteroatoms. The van der Waals surface area contributed by atoms with Crippen LogP contribution >= 0.6 is 0 Å². The van der Waals surface area contributed by atoms with E-state index in [0.29, 0.717) is 31.6 Å². The second kappa shape index (κ2) is 8.43. The Bertz CT molecular complexity index is 1190. The average Bonchev–Trinajstić information content (AvgIpc) is 3.13. The molecule has 1 aliphatic rings. The lowest BCUT2D eigenvalue weighted by Crippen LogP contribution is -2.47. The van der Waals surface area contributed by atoms with Gasteiger partial charge in [-0.05, 0) is 45.1 Å². The van der Waals surface area contributed by atoms with Gasteiger partial charge in [0, 0.05) is 25.0 Å². The molecule has 0 saturated carbocycles. The predicted molar refractivity (Wildman–Crippen MR) is 119 cm³/mol. The Balaban J connectivity index is 1.62. The van der Waals surface area contributed by atoms with Crippen molar-refractivity contribution >= 4 is 32.4 Å². The lowest BCUT2D eigenvalue weighted by atomic mass is 9.97. The molecule has 7 nitrogen and oxygen atoms in total. The van der Waals surface area contributed by atoms with E-state index >= 15 is 0 Å². The lowest BCUT2D eigenvalue weighted by Gasteiger charge is -2.34. The Morgan fingerprint density at radius 1 is 1.19 bits per heavy atom. The molecule has 0 N–H and O–H groups in total. The van der Waals surface area contributed by atoms with E-state index in [4.69, 9.17) is 4.52 Å². The SMILES string of the molecule is CCN(C(=O)C1CCCN(S(=O)(=O)c2c(C)noc2C)C1)c1cccc2ccccc12. The molecule has 1 unspecified atom stereocenters. The fourth-order valence-electron chi connectivity index (χ4n) is 4.44. The monoisotopic (exact) mass is 441 g/mol. The molecule has 3 aromatic rings. The Morgan fingerprint density at radius 2 is 1.94 bits per heavy atom. The zero-order valence-electron chi connectivity index (χ0n) is 18.0. The number of piperidine rings is 1. The molecule has 4 rings (SSSR count). The van der Waals surface area contributed by atoms with Gasteiger partial charge in [0.05, 0.1) is 11.6 Å². The molecule has 1 amide bonds.